The summed E-state index contributed by atoms with van der Waals surface area (Å²) in [6, 6.07) is 0. The molecule has 1 N–H and O–H groups in total. The molecular formula is C10H17NO2S. The van der Waals surface area contributed by atoms with Gasteiger partial charge in [0.25, 0.3) is 0 Å². The minimum Gasteiger partial charge on any atom is -0.478 e. The number of nitrogens with zero attached hydrogens (tertiary/aromatic N) is 1. The fourth-order valence-electron chi connectivity index (χ4n) is 1.64. The van der Waals surface area contributed by atoms with Crippen molar-refractivity contribution < 1.29 is 9.90 Å². The Kier molecular flexibility index (Phi) is 4.87. The first-order chi connectivity index (χ1) is 6.72. The molecule has 0 amide bonds. The van der Waals surface area contributed by atoms with Gasteiger partial charge in [0.2, 0.25) is 0 Å². The van der Waals surface area contributed by atoms with Gasteiger partial charge in [-0.15, -0.1) is 0 Å². The Bertz CT molecular complexity index is 218. The molecule has 14 heavy (non-hydrogen) atoms. The molecule has 1 atom stereocenters. The number of rotatable bonds is 3. The van der Waals surface area contributed by atoms with Gasteiger partial charge in [-0.05, 0) is 25.5 Å². The molecule has 3 nitrogen and oxygen atoms in total. The van der Waals surface area contributed by atoms with Crippen LogP contribution in [0.5, 0.6) is 0 Å². The molecule has 0 spiro atoms. The zero-order valence-electron chi connectivity index (χ0n) is 8.48. The maximum atomic E-state index is 10.3. The third kappa shape index (κ3) is 4.05. The van der Waals surface area contributed by atoms with Crippen LogP contribution in [0.4, 0.5) is 0 Å². The summed E-state index contributed by atoms with van der Waals surface area (Å²) in [5.74, 6) is -0.865. The molecule has 1 aliphatic rings. The minimum atomic E-state index is -0.865. The van der Waals surface area contributed by atoms with Crippen LogP contribution in [0.2, 0.25) is 0 Å². The van der Waals surface area contributed by atoms with Gasteiger partial charge in [-0.1, -0.05) is 0 Å². The zero-order chi connectivity index (χ0) is 10.4. The van der Waals surface area contributed by atoms with E-state index in [2.05, 4.69) is 11.2 Å². The lowest BCUT2D eigenvalue weighted by atomic mass is 10.2. The molecule has 1 unspecified atom stereocenters. The van der Waals surface area contributed by atoms with Gasteiger partial charge in [-0.25, -0.2) is 4.79 Å². The van der Waals surface area contributed by atoms with Gasteiger partial charge in [0.05, 0.1) is 0 Å². The first kappa shape index (κ1) is 11.4. The second-order valence-corrected chi connectivity index (χ2v) is 4.62. The van der Waals surface area contributed by atoms with Crippen LogP contribution in [0.1, 0.15) is 19.3 Å². The Morgan fingerprint density at radius 1 is 1.50 bits per heavy atom. The number of carboxylic acid groups (broad SMARTS) is 1. The molecule has 1 fully saturated rings. The Labute approximate surface area is 89.2 Å². The summed E-state index contributed by atoms with van der Waals surface area (Å²) in [5, 5.41) is 9.24. The Morgan fingerprint density at radius 2 is 2.29 bits per heavy atom. The molecule has 0 aliphatic carbocycles. The van der Waals surface area contributed by atoms with Crippen LogP contribution in [0.25, 0.3) is 0 Å². The van der Waals surface area contributed by atoms with Crippen LogP contribution in [-0.4, -0.2) is 40.6 Å². The molecule has 1 heterocycles. The van der Waals surface area contributed by atoms with Crippen molar-refractivity contribution in [1.82, 2.24) is 4.90 Å². The summed E-state index contributed by atoms with van der Waals surface area (Å²) in [6.07, 6.45) is 8.64. The molecule has 0 aromatic heterocycles. The Morgan fingerprint density at radius 3 is 2.93 bits per heavy atom. The average Bonchev–Trinajstić information content (AvgIpc) is 2.39. The molecule has 0 radical (unpaired) electrons. The predicted octanol–water partition coefficient (Wildman–Crippen LogP) is 1.80. The highest BCUT2D eigenvalue weighted by molar-refractivity contribution is 7.99. The van der Waals surface area contributed by atoms with E-state index in [0.717, 1.165) is 31.2 Å². The van der Waals surface area contributed by atoms with Crippen molar-refractivity contribution in [3.05, 3.63) is 12.3 Å². The van der Waals surface area contributed by atoms with E-state index in [1.165, 1.54) is 12.5 Å². The smallest absolute Gasteiger partial charge is 0.329 e. The quantitative estimate of drug-likeness (QED) is 0.729. The number of carboxylic acids is 1. The van der Waals surface area contributed by atoms with Crippen molar-refractivity contribution in [3.63, 3.8) is 0 Å². The highest BCUT2D eigenvalue weighted by Gasteiger charge is 2.13. The van der Waals surface area contributed by atoms with Crippen LogP contribution >= 0.6 is 11.8 Å². The first-order valence-electron chi connectivity index (χ1n) is 4.90. The molecule has 1 saturated heterocycles. The van der Waals surface area contributed by atoms with Crippen LogP contribution < -0.4 is 0 Å². The highest BCUT2D eigenvalue weighted by atomic mass is 32.2. The number of thioether (sulfide) groups is 1. The number of aliphatic carboxylic acids is 1. The first-order valence-corrected chi connectivity index (χ1v) is 6.19. The molecule has 1 rings (SSSR count). The Balaban J connectivity index is 2.38. The zero-order valence-corrected chi connectivity index (χ0v) is 9.30. The second-order valence-electron chi connectivity index (χ2n) is 3.48. The van der Waals surface area contributed by atoms with Crippen molar-refractivity contribution >= 4 is 17.7 Å². The van der Waals surface area contributed by atoms with E-state index in [1.807, 2.05) is 11.8 Å². The molecule has 0 saturated carbocycles. The fourth-order valence-corrected chi connectivity index (χ4v) is 2.39. The molecule has 0 aromatic carbocycles. The van der Waals surface area contributed by atoms with Crippen LogP contribution in [-0.2, 0) is 4.79 Å². The topological polar surface area (TPSA) is 40.5 Å². The summed E-state index contributed by atoms with van der Waals surface area (Å²) in [6.45, 7) is 1.97. The van der Waals surface area contributed by atoms with Gasteiger partial charge >= 0.3 is 5.97 Å². The van der Waals surface area contributed by atoms with Gasteiger partial charge in [0, 0.05) is 30.6 Å². The summed E-state index contributed by atoms with van der Waals surface area (Å²) in [7, 11) is 0. The van der Waals surface area contributed by atoms with Crippen molar-refractivity contribution in [2.24, 2.45) is 0 Å². The third-order valence-electron chi connectivity index (χ3n) is 2.47. The monoisotopic (exact) mass is 215 g/mol. The van der Waals surface area contributed by atoms with E-state index in [-0.39, 0.29) is 0 Å². The maximum absolute atomic E-state index is 10.3. The molecule has 1 aliphatic heterocycles. The number of hydrogen-bond acceptors (Lipinski definition) is 3. The normalized spacial score (nSPS) is 23.8. The van der Waals surface area contributed by atoms with Gasteiger partial charge in [0.15, 0.2) is 0 Å². The van der Waals surface area contributed by atoms with Crippen LogP contribution in [0.3, 0.4) is 0 Å². The van der Waals surface area contributed by atoms with Crippen molar-refractivity contribution in [3.8, 4) is 0 Å². The van der Waals surface area contributed by atoms with Gasteiger partial charge < -0.3 is 10.0 Å². The molecular weight excluding hydrogens is 198 g/mol. The largest absolute Gasteiger partial charge is 0.478 e. The Hall–Kier alpha value is -0.640. The SMILES string of the molecule is CSC1CCCN(/C=C/C(=O)O)CC1. The molecule has 80 valence electrons. The number of carbonyl (C=O) groups is 1. The average molecular weight is 215 g/mol. The van der Waals surface area contributed by atoms with Crippen molar-refractivity contribution in [2.75, 3.05) is 19.3 Å². The van der Waals surface area contributed by atoms with Gasteiger partial charge in [-0.3, -0.25) is 0 Å². The maximum Gasteiger partial charge on any atom is 0.329 e. The number of likely N-dealkylation sites (tertiary alicyclic amines) is 1. The van der Waals surface area contributed by atoms with E-state index >= 15 is 0 Å². The van der Waals surface area contributed by atoms with Gasteiger partial charge in [0.1, 0.15) is 0 Å². The third-order valence-corrected chi connectivity index (χ3v) is 3.61. The lowest BCUT2D eigenvalue weighted by molar-refractivity contribution is -0.131. The lowest BCUT2D eigenvalue weighted by Gasteiger charge is -2.16. The van der Waals surface area contributed by atoms with Crippen LogP contribution in [0, 0.1) is 0 Å². The van der Waals surface area contributed by atoms with E-state index in [1.54, 1.807) is 6.20 Å². The summed E-state index contributed by atoms with van der Waals surface area (Å²) >= 11 is 1.92. The summed E-state index contributed by atoms with van der Waals surface area (Å²) in [4.78, 5) is 12.4. The van der Waals surface area contributed by atoms with Crippen LogP contribution in [0.15, 0.2) is 12.3 Å². The van der Waals surface area contributed by atoms with E-state index in [0.29, 0.717) is 0 Å². The molecule has 0 aromatic rings. The highest BCUT2D eigenvalue weighted by Crippen LogP contribution is 2.21. The van der Waals surface area contributed by atoms with Gasteiger partial charge in [-0.2, -0.15) is 11.8 Å². The number of hydrogen-bond donors (Lipinski definition) is 1. The van der Waals surface area contributed by atoms with E-state index in [9.17, 15) is 4.79 Å². The summed E-state index contributed by atoms with van der Waals surface area (Å²) < 4.78 is 0. The lowest BCUT2D eigenvalue weighted by Crippen LogP contribution is -2.18. The summed E-state index contributed by atoms with van der Waals surface area (Å²) in [5.41, 5.74) is 0. The van der Waals surface area contributed by atoms with Crippen molar-refractivity contribution in [2.45, 2.75) is 24.5 Å². The molecule has 0 bridgehead atoms. The van der Waals surface area contributed by atoms with E-state index in [4.69, 9.17) is 5.11 Å². The fraction of sp³-hybridized carbons (Fsp3) is 0.700. The minimum absolute atomic E-state index is 0.748. The van der Waals surface area contributed by atoms with Crippen molar-refractivity contribution in [1.29, 1.82) is 0 Å². The predicted molar refractivity (Wildman–Crippen MR) is 59.5 cm³/mol. The second kappa shape index (κ2) is 5.96. The van der Waals surface area contributed by atoms with E-state index < -0.39 is 5.97 Å². The molecule has 4 heteroatoms. The standard InChI is InChI=1S/C10H17NO2S/c1-14-9-3-2-6-11(7-4-9)8-5-10(12)13/h5,8-9H,2-4,6-7H2,1H3,(H,12,13)/b8-5+.